The molecule has 1 N–H and O–H groups in total. The summed E-state index contributed by atoms with van der Waals surface area (Å²) in [6.45, 7) is 1.43. The Morgan fingerprint density at radius 1 is 1.11 bits per heavy atom. The fourth-order valence-electron chi connectivity index (χ4n) is 2.42. The van der Waals surface area contributed by atoms with Crippen molar-refractivity contribution in [3.05, 3.63) is 0 Å². The number of hydrogen-bond acceptors (Lipinski definition) is 3. The number of amides is 1. The normalized spacial score (nSPS) is 18.0. The Bertz CT molecular complexity index is 309. The average Bonchev–Trinajstić information content (AvgIpc) is 2.75. The van der Waals surface area contributed by atoms with E-state index in [1.54, 1.807) is 11.9 Å². The molecule has 0 saturated heterocycles. The zero-order chi connectivity index (χ0) is 13.8. The summed E-state index contributed by atoms with van der Waals surface area (Å²) in [6, 6.07) is 0. The highest BCUT2D eigenvalue weighted by Gasteiger charge is 2.43. The first-order chi connectivity index (χ1) is 8.37. The topological polar surface area (TPSA) is 60.9 Å². The average molecular weight is 256 g/mol. The molecule has 0 aromatic rings. The third-order valence-electron chi connectivity index (χ3n) is 3.81. The molecule has 5 heteroatoms. The van der Waals surface area contributed by atoms with Gasteiger partial charge in [-0.3, -0.25) is 9.59 Å². The van der Waals surface area contributed by atoms with Crippen LogP contribution in [0, 0.1) is 5.41 Å². The van der Waals surface area contributed by atoms with Gasteiger partial charge < -0.3 is 14.9 Å². The molecule has 0 unspecified atom stereocenters. The van der Waals surface area contributed by atoms with Crippen molar-refractivity contribution in [2.24, 2.45) is 5.41 Å². The molecule has 5 nitrogen and oxygen atoms in total. The van der Waals surface area contributed by atoms with Crippen molar-refractivity contribution in [1.82, 2.24) is 9.80 Å². The van der Waals surface area contributed by atoms with Gasteiger partial charge in [-0.05, 0) is 26.9 Å². The summed E-state index contributed by atoms with van der Waals surface area (Å²) in [7, 11) is 5.65. The number of carboxylic acid groups (broad SMARTS) is 1. The van der Waals surface area contributed by atoms with Crippen molar-refractivity contribution in [2.75, 3.05) is 34.2 Å². The number of carbonyl (C=O) groups is 2. The second-order valence-electron chi connectivity index (χ2n) is 5.59. The number of nitrogens with zero attached hydrogens (tertiary/aromatic N) is 2. The minimum Gasteiger partial charge on any atom is -0.481 e. The summed E-state index contributed by atoms with van der Waals surface area (Å²) >= 11 is 0. The highest BCUT2D eigenvalue weighted by atomic mass is 16.4. The minimum absolute atomic E-state index is 0.0545. The molecule has 1 aliphatic rings. The Balaban J connectivity index is 2.54. The molecule has 1 fully saturated rings. The molecule has 18 heavy (non-hydrogen) atoms. The van der Waals surface area contributed by atoms with Gasteiger partial charge in [-0.25, -0.2) is 0 Å². The van der Waals surface area contributed by atoms with Crippen LogP contribution < -0.4 is 0 Å². The number of rotatable bonds is 6. The van der Waals surface area contributed by atoms with Crippen molar-refractivity contribution >= 4 is 11.9 Å². The Morgan fingerprint density at radius 3 is 2.11 bits per heavy atom. The van der Waals surface area contributed by atoms with Crippen LogP contribution in [-0.2, 0) is 9.59 Å². The monoisotopic (exact) mass is 256 g/mol. The van der Waals surface area contributed by atoms with E-state index in [0.29, 0.717) is 19.4 Å². The summed E-state index contributed by atoms with van der Waals surface area (Å²) in [5, 5.41) is 9.33. The van der Waals surface area contributed by atoms with Gasteiger partial charge in [0.05, 0.1) is 5.41 Å². The van der Waals surface area contributed by atoms with Gasteiger partial charge in [-0.1, -0.05) is 12.8 Å². The molecule has 0 aliphatic heterocycles. The lowest BCUT2D eigenvalue weighted by atomic mass is 9.82. The van der Waals surface area contributed by atoms with E-state index < -0.39 is 11.4 Å². The van der Waals surface area contributed by atoms with E-state index in [0.717, 1.165) is 19.4 Å². The van der Waals surface area contributed by atoms with Crippen LogP contribution in [-0.4, -0.2) is 61.0 Å². The highest BCUT2D eigenvalue weighted by Crippen LogP contribution is 2.41. The Hall–Kier alpha value is -1.10. The smallest absolute Gasteiger partial charge is 0.310 e. The lowest BCUT2D eigenvalue weighted by molar-refractivity contribution is -0.153. The van der Waals surface area contributed by atoms with Gasteiger partial charge in [0, 0.05) is 26.6 Å². The summed E-state index contributed by atoms with van der Waals surface area (Å²) in [5.41, 5.74) is -0.802. The summed E-state index contributed by atoms with van der Waals surface area (Å²) < 4.78 is 0. The first-order valence-electron chi connectivity index (χ1n) is 6.49. The molecule has 0 aromatic carbocycles. The lowest BCUT2D eigenvalue weighted by Crippen LogP contribution is -2.39. The second-order valence-corrected chi connectivity index (χ2v) is 5.59. The Morgan fingerprint density at radius 2 is 1.67 bits per heavy atom. The van der Waals surface area contributed by atoms with Gasteiger partial charge in [-0.2, -0.15) is 0 Å². The van der Waals surface area contributed by atoms with Crippen LogP contribution in [0.15, 0.2) is 0 Å². The van der Waals surface area contributed by atoms with Crippen LogP contribution >= 0.6 is 0 Å². The summed E-state index contributed by atoms with van der Waals surface area (Å²) in [6.07, 6.45) is 3.25. The maximum absolute atomic E-state index is 12.1. The molecule has 1 rings (SSSR count). The van der Waals surface area contributed by atoms with E-state index in [2.05, 4.69) is 0 Å². The van der Waals surface area contributed by atoms with Crippen LogP contribution in [0.4, 0.5) is 0 Å². The van der Waals surface area contributed by atoms with Crippen molar-refractivity contribution in [1.29, 1.82) is 0 Å². The number of hydrogen-bond donors (Lipinski definition) is 1. The molecule has 0 bridgehead atoms. The molecule has 104 valence electrons. The van der Waals surface area contributed by atoms with Gasteiger partial charge in [0.25, 0.3) is 0 Å². The SMILES string of the molecule is CN(C)CCN(C)C(=O)CC1(C(=O)O)CCCC1. The quantitative estimate of drug-likeness (QED) is 0.771. The lowest BCUT2D eigenvalue weighted by Gasteiger charge is -2.27. The number of carboxylic acids is 1. The first-order valence-corrected chi connectivity index (χ1v) is 6.49. The number of aliphatic carboxylic acids is 1. The zero-order valence-corrected chi connectivity index (χ0v) is 11.6. The van der Waals surface area contributed by atoms with E-state index in [1.807, 2.05) is 19.0 Å². The minimum atomic E-state index is -0.811. The van der Waals surface area contributed by atoms with Crippen LogP contribution in [0.3, 0.4) is 0 Å². The third kappa shape index (κ3) is 3.70. The zero-order valence-electron chi connectivity index (χ0n) is 11.6. The number of carbonyl (C=O) groups excluding carboxylic acids is 1. The molecular formula is C13H24N2O3. The van der Waals surface area contributed by atoms with Gasteiger partial charge in [0.15, 0.2) is 0 Å². The van der Waals surface area contributed by atoms with Crippen molar-refractivity contribution < 1.29 is 14.7 Å². The van der Waals surface area contributed by atoms with Gasteiger partial charge >= 0.3 is 5.97 Å². The van der Waals surface area contributed by atoms with Gasteiger partial charge in [0.2, 0.25) is 5.91 Å². The van der Waals surface area contributed by atoms with Gasteiger partial charge in [0.1, 0.15) is 0 Å². The Labute approximate surface area is 109 Å². The molecule has 0 heterocycles. The molecule has 0 spiro atoms. The molecule has 0 aromatic heterocycles. The van der Waals surface area contributed by atoms with E-state index >= 15 is 0 Å². The molecule has 1 aliphatic carbocycles. The maximum atomic E-state index is 12.1. The molecule has 0 atom stereocenters. The predicted molar refractivity (Wildman–Crippen MR) is 69.3 cm³/mol. The first kappa shape index (κ1) is 15.0. The third-order valence-corrected chi connectivity index (χ3v) is 3.81. The molecule has 0 radical (unpaired) electrons. The van der Waals surface area contributed by atoms with E-state index in [1.165, 1.54) is 0 Å². The van der Waals surface area contributed by atoms with E-state index in [-0.39, 0.29) is 12.3 Å². The second kappa shape index (κ2) is 6.18. The fraction of sp³-hybridized carbons (Fsp3) is 0.846. The van der Waals surface area contributed by atoms with E-state index in [9.17, 15) is 14.7 Å². The standard InChI is InChI=1S/C13H24N2O3/c1-14(2)8-9-15(3)11(16)10-13(12(17)18)6-4-5-7-13/h4-10H2,1-3H3,(H,17,18). The van der Waals surface area contributed by atoms with E-state index in [4.69, 9.17) is 0 Å². The predicted octanol–water partition coefficient (Wildman–Crippen LogP) is 1.04. The van der Waals surface area contributed by atoms with Crippen LogP contribution in [0.25, 0.3) is 0 Å². The van der Waals surface area contributed by atoms with Crippen molar-refractivity contribution in [3.63, 3.8) is 0 Å². The van der Waals surface area contributed by atoms with Crippen molar-refractivity contribution in [3.8, 4) is 0 Å². The van der Waals surface area contributed by atoms with Gasteiger partial charge in [-0.15, -0.1) is 0 Å². The summed E-state index contributed by atoms with van der Waals surface area (Å²) in [5.74, 6) is -0.865. The maximum Gasteiger partial charge on any atom is 0.310 e. The Kier molecular flexibility index (Phi) is 5.14. The van der Waals surface area contributed by atoms with Crippen LogP contribution in [0.2, 0.25) is 0 Å². The largest absolute Gasteiger partial charge is 0.481 e. The molecule has 1 amide bonds. The number of likely N-dealkylation sites (N-methyl/N-ethyl adjacent to an activating group) is 2. The fourth-order valence-corrected chi connectivity index (χ4v) is 2.42. The van der Waals surface area contributed by atoms with Crippen LogP contribution in [0.5, 0.6) is 0 Å². The highest BCUT2D eigenvalue weighted by molar-refractivity contribution is 5.85. The molecule has 1 saturated carbocycles. The molecular weight excluding hydrogens is 232 g/mol. The van der Waals surface area contributed by atoms with Crippen molar-refractivity contribution in [2.45, 2.75) is 32.1 Å². The summed E-state index contributed by atoms with van der Waals surface area (Å²) in [4.78, 5) is 27.1. The van der Waals surface area contributed by atoms with Crippen LogP contribution in [0.1, 0.15) is 32.1 Å².